The van der Waals surface area contributed by atoms with Crippen LogP contribution < -0.4 is 15.6 Å². The van der Waals surface area contributed by atoms with Crippen molar-refractivity contribution in [3.8, 4) is 5.75 Å². The Bertz CT molecular complexity index is 746. The van der Waals surface area contributed by atoms with Crippen LogP contribution in [0.5, 0.6) is 5.75 Å². The Labute approximate surface area is 159 Å². The Morgan fingerprint density at radius 3 is 2.63 bits per heavy atom. The van der Waals surface area contributed by atoms with Crippen molar-refractivity contribution < 1.29 is 14.3 Å². The number of hydrogen-bond acceptors (Lipinski definition) is 5. The number of nitrogens with zero attached hydrogens (tertiary/aromatic N) is 2. The number of unbranched alkanes of at least 4 members (excludes halogenated alkanes) is 1. The molecule has 0 radical (unpaired) electrons. The van der Waals surface area contributed by atoms with Crippen LogP contribution in [-0.2, 0) is 11.3 Å². The van der Waals surface area contributed by atoms with Crippen LogP contribution >= 0.6 is 0 Å². The fourth-order valence-corrected chi connectivity index (χ4v) is 2.31. The van der Waals surface area contributed by atoms with E-state index in [1.54, 1.807) is 0 Å². The van der Waals surface area contributed by atoms with Crippen LogP contribution in [0.3, 0.4) is 0 Å². The van der Waals surface area contributed by atoms with Gasteiger partial charge in [0.25, 0.3) is 11.5 Å². The molecule has 0 aliphatic heterocycles. The molecular weight excluding hydrogens is 346 g/mol. The molecule has 1 aromatic heterocycles. The number of carbonyl (C=O) groups excluding carboxylic acids is 1. The Morgan fingerprint density at radius 2 is 1.85 bits per heavy atom. The average molecular weight is 373 g/mol. The number of aromatic nitrogens is 2. The summed E-state index contributed by atoms with van der Waals surface area (Å²) in [7, 11) is 0. The molecular formula is C20H27N3O4. The lowest BCUT2D eigenvalue weighted by atomic mass is 10.3. The third-order valence-corrected chi connectivity index (χ3v) is 3.81. The Balaban J connectivity index is 1.77. The molecule has 1 aromatic carbocycles. The number of nitrogens with one attached hydrogen (secondary N) is 1. The molecule has 0 aliphatic carbocycles. The molecule has 0 fully saturated rings. The minimum Gasteiger partial charge on any atom is -0.492 e. The highest BCUT2D eigenvalue weighted by Crippen LogP contribution is 2.07. The van der Waals surface area contributed by atoms with Gasteiger partial charge in [-0.2, -0.15) is 5.10 Å². The lowest BCUT2D eigenvalue weighted by Gasteiger charge is -2.09. The van der Waals surface area contributed by atoms with E-state index in [-0.39, 0.29) is 30.3 Å². The van der Waals surface area contributed by atoms with Crippen molar-refractivity contribution in [3.63, 3.8) is 0 Å². The highest BCUT2D eigenvalue weighted by Gasteiger charge is 2.09. The van der Waals surface area contributed by atoms with Crippen LogP contribution in [0.15, 0.2) is 47.3 Å². The molecule has 0 atom stereocenters. The number of benzene rings is 1. The van der Waals surface area contributed by atoms with Gasteiger partial charge >= 0.3 is 0 Å². The first kappa shape index (κ1) is 20.6. The van der Waals surface area contributed by atoms with E-state index in [4.69, 9.17) is 9.47 Å². The van der Waals surface area contributed by atoms with Crippen LogP contribution in [0.1, 0.15) is 36.7 Å². The fraction of sp³-hybridized carbons (Fsp3) is 0.450. The third-order valence-electron chi connectivity index (χ3n) is 3.81. The second-order valence-electron chi connectivity index (χ2n) is 6.02. The zero-order valence-electron chi connectivity index (χ0n) is 15.7. The number of amides is 1. The number of hydrogen-bond donors (Lipinski definition) is 1. The molecule has 0 unspecified atom stereocenters. The molecule has 0 saturated heterocycles. The zero-order chi connectivity index (χ0) is 19.3. The lowest BCUT2D eigenvalue weighted by molar-refractivity contribution is 0.0932. The van der Waals surface area contributed by atoms with Crippen molar-refractivity contribution in [2.75, 3.05) is 26.4 Å². The molecule has 2 aromatic rings. The maximum Gasteiger partial charge on any atom is 0.271 e. The second kappa shape index (κ2) is 11.9. The van der Waals surface area contributed by atoms with Crippen molar-refractivity contribution in [1.29, 1.82) is 0 Å². The normalized spacial score (nSPS) is 10.6. The maximum atomic E-state index is 12.2. The van der Waals surface area contributed by atoms with Crippen molar-refractivity contribution in [3.05, 3.63) is 58.5 Å². The smallest absolute Gasteiger partial charge is 0.271 e. The summed E-state index contributed by atoms with van der Waals surface area (Å²) in [6.45, 7) is 4.54. The van der Waals surface area contributed by atoms with Gasteiger partial charge in [0.1, 0.15) is 18.1 Å². The monoisotopic (exact) mass is 373 g/mol. The van der Waals surface area contributed by atoms with Crippen molar-refractivity contribution in [2.45, 2.75) is 32.7 Å². The molecule has 1 N–H and O–H groups in total. The highest BCUT2D eigenvalue weighted by molar-refractivity contribution is 5.91. The number of para-hydroxylation sites is 1. The number of ether oxygens (including phenoxy) is 2. The van der Waals surface area contributed by atoms with E-state index < -0.39 is 0 Å². The maximum absolute atomic E-state index is 12.2. The van der Waals surface area contributed by atoms with Crippen LogP contribution in [-0.4, -0.2) is 42.1 Å². The van der Waals surface area contributed by atoms with Crippen LogP contribution in [0.2, 0.25) is 0 Å². The minimum atomic E-state index is -0.304. The molecule has 0 spiro atoms. The molecule has 7 heteroatoms. The largest absolute Gasteiger partial charge is 0.492 e. The molecule has 27 heavy (non-hydrogen) atoms. The van der Waals surface area contributed by atoms with Gasteiger partial charge in [0, 0.05) is 25.8 Å². The summed E-state index contributed by atoms with van der Waals surface area (Å²) >= 11 is 0. The first-order valence-corrected chi connectivity index (χ1v) is 9.32. The summed E-state index contributed by atoms with van der Waals surface area (Å²) in [6, 6.07) is 12.1. The van der Waals surface area contributed by atoms with Gasteiger partial charge < -0.3 is 14.8 Å². The SMILES string of the molecule is CCCCOCCCNC(=O)c1ccc(=O)n(CCOc2ccccc2)n1. The van der Waals surface area contributed by atoms with Crippen LogP contribution in [0, 0.1) is 0 Å². The van der Waals surface area contributed by atoms with E-state index in [0.29, 0.717) is 13.2 Å². The van der Waals surface area contributed by atoms with Gasteiger partial charge in [0.2, 0.25) is 0 Å². The Hall–Kier alpha value is -2.67. The quantitative estimate of drug-likeness (QED) is 0.577. The molecule has 7 nitrogen and oxygen atoms in total. The predicted molar refractivity (Wildman–Crippen MR) is 103 cm³/mol. The second-order valence-corrected chi connectivity index (χ2v) is 6.02. The van der Waals surface area contributed by atoms with Gasteiger partial charge in [-0.25, -0.2) is 4.68 Å². The van der Waals surface area contributed by atoms with Gasteiger partial charge in [-0.3, -0.25) is 9.59 Å². The van der Waals surface area contributed by atoms with Crippen molar-refractivity contribution in [2.24, 2.45) is 0 Å². The lowest BCUT2D eigenvalue weighted by Crippen LogP contribution is -2.31. The van der Waals surface area contributed by atoms with Gasteiger partial charge in [-0.05, 0) is 31.0 Å². The molecule has 146 valence electrons. The molecule has 0 bridgehead atoms. The van der Waals surface area contributed by atoms with Gasteiger partial charge in [-0.15, -0.1) is 0 Å². The first-order chi connectivity index (χ1) is 13.2. The van der Waals surface area contributed by atoms with E-state index in [0.717, 1.165) is 31.6 Å². The molecule has 2 rings (SSSR count). The fourth-order valence-electron chi connectivity index (χ4n) is 2.31. The number of rotatable bonds is 12. The van der Waals surface area contributed by atoms with E-state index in [1.807, 2.05) is 30.3 Å². The van der Waals surface area contributed by atoms with Crippen molar-refractivity contribution >= 4 is 5.91 Å². The topological polar surface area (TPSA) is 82.5 Å². The molecule has 0 aliphatic rings. The average Bonchev–Trinajstić information content (AvgIpc) is 2.69. The summed E-state index contributed by atoms with van der Waals surface area (Å²) in [6.07, 6.45) is 2.89. The van der Waals surface area contributed by atoms with Gasteiger partial charge in [-0.1, -0.05) is 31.5 Å². The van der Waals surface area contributed by atoms with Gasteiger partial charge in [0.05, 0.1) is 6.54 Å². The summed E-state index contributed by atoms with van der Waals surface area (Å²) in [5.74, 6) is 0.418. The van der Waals surface area contributed by atoms with E-state index in [2.05, 4.69) is 17.3 Å². The van der Waals surface area contributed by atoms with Gasteiger partial charge in [0.15, 0.2) is 0 Å². The summed E-state index contributed by atoms with van der Waals surface area (Å²) < 4.78 is 12.3. The zero-order valence-corrected chi connectivity index (χ0v) is 15.7. The van der Waals surface area contributed by atoms with E-state index >= 15 is 0 Å². The Morgan fingerprint density at radius 1 is 1.07 bits per heavy atom. The van der Waals surface area contributed by atoms with E-state index in [1.165, 1.54) is 16.8 Å². The standard InChI is InChI=1S/C20H27N3O4/c1-2-3-14-26-15-7-12-21-20(25)18-10-11-19(24)23(22-18)13-16-27-17-8-5-4-6-9-17/h4-6,8-11H,2-3,7,12-16H2,1H3,(H,21,25). The summed E-state index contributed by atoms with van der Waals surface area (Å²) in [4.78, 5) is 24.1. The third kappa shape index (κ3) is 7.62. The first-order valence-electron chi connectivity index (χ1n) is 9.32. The molecule has 1 heterocycles. The minimum absolute atomic E-state index is 0.209. The molecule has 0 saturated carbocycles. The Kier molecular flexibility index (Phi) is 9.06. The van der Waals surface area contributed by atoms with Crippen LogP contribution in [0.4, 0.5) is 0 Å². The van der Waals surface area contributed by atoms with Crippen molar-refractivity contribution in [1.82, 2.24) is 15.1 Å². The summed E-state index contributed by atoms with van der Waals surface area (Å²) in [5.41, 5.74) is -0.0613. The summed E-state index contributed by atoms with van der Waals surface area (Å²) in [5, 5.41) is 6.91. The van der Waals surface area contributed by atoms with Crippen LogP contribution in [0.25, 0.3) is 0 Å². The van der Waals surface area contributed by atoms with E-state index in [9.17, 15) is 9.59 Å². The number of carbonyl (C=O) groups is 1. The molecule has 1 amide bonds. The highest BCUT2D eigenvalue weighted by atomic mass is 16.5. The predicted octanol–water partition coefficient (Wildman–Crippen LogP) is 2.26.